The highest BCUT2D eigenvalue weighted by molar-refractivity contribution is 5.89. The molecule has 130 valence electrons. The summed E-state index contributed by atoms with van der Waals surface area (Å²) < 4.78 is 0. The molecule has 1 heterocycles. The number of anilines is 1. The fraction of sp³-hybridized carbons (Fsp3) is 0.381. The minimum absolute atomic E-state index is 0.0778. The van der Waals surface area contributed by atoms with Crippen molar-refractivity contribution >= 4 is 11.7 Å². The zero-order chi connectivity index (χ0) is 17.1. The zero-order valence-corrected chi connectivity index (χ0v) is 14.5. The Kier molecular flexibility index (Phi) is 4.70. The number of hydrogen-bond donors (Lipinski definition) is 2. The molecule has 1 aliphatic heterocycles. The molecule has 0 aromatic heterocycles. The number of benzene rings is 2. The molecule has 0 saturated heterocycles. The summed E-state index contributed by atoms with van der Waals surface area (Å²) >= 11 is 0. The van der Waals surface area contributed by atoms with Gasteiger partial charge in [0.05, 0.1) is 0 Å². The van der Waals surface area contributed by atoms with Crippen molar-refractivity contribution < 1.29 is 4.79 Å². The lowest BCUT2D eigenvalue weighted by Gasteiger charge is -2.14. The first-order chi connectivity index (χ1) is 12.3. The van der Waals surface area contributed by atoms with Gasteiger partial charge in [-0.3, -0.25) is 4.90 Å². The van der Waals surface area contributed by atoms with E-state index in [2.05, 4.69) is 58.0 Å². The second-order valence-corrected chi connectivity index (χ2v) is 7.19. The van der Waals surface area contributed by atoms with Crippen molar-refractivity contribution in [3.05, 3.63) is 65.2 Å². The van der Waals surface area contributed by atoms with Crippen molar-refractivity contribution in [2.24, 2.45) is 0 Å². The Morgan fingerprint density at radius 2 is 1.76 bits per heavy atom. The van der Waals surface area contributed by atoms with Gasteiger partial charge in [0.25, 0.3) is 0 Å². The Morgan fingerprint density at radius 3 is 2.56 bits per heavy atom. The number of nitrogens with zero attached hydrogens (tertiary/aromatic N) is 1. The quantitative estimate of drug-likeness (QED) is 0.876. The Bertz CT molecular complexity index is 738. The summed E-state index contributed by atoms with van der Waals surface area (Å²) in [4.78, 5) is 14.6. The number of carbonyl (C=O) groups is 1. The van der Waals surface area contributed by atoms with E-state index in [4.69, 9.17) is 0 Å². The molecule has 0 bridgehead atoms. The van der Waals surface area contributed by atoms with Gasteiger partial charge in [-0.2, -0.15) is 0 Å². The van der Waals surface area contributed by atoms with E-state index in [-0.39, 0.29) is 6.03 Å². The summed E-state index contributed by atoms with van der Waals surface area (Å²) in [6.45, 7) is 2.86. The third-order valence-electron chi connectivity index (χ3n) is 5.19. The third-order valence-corrected chi connectivity index (χ3v) is 5.19. The molecule has 2 aliphatic rings. The third kappa shape index (κ3) is 4.02. The predicted molar refractivity (Wildman–Crippen MR) is 100 cm³/mol. The number of carbonyl (C=O) groups excluding carboxylic acids is 1. The summed E-state index contributed by atoms with van der Waals surface area (Å²) in [6.07, 6.45) is 4.65. The van der Waals surface area contributed by atoms with Crippen LogP contribution in [0.15, 0.2) is 48.5 Å². The number of hydrogen-bond acceptors (Lipinski definition) is 2. The van der Waals surface area contributed by atoms with Crippen LogP contribution in [0.4, 0.5) is 10.5 Å². The number of rotatable bonds is 4. The van der Waals surface area contributed by atoms with Gasteiger partial charge in [-0.05, 0) is 41.7 Å². The molecule has 2 amide bonds. The van der Waals surface area contributed by atoms with Crippen LogP contribution < -0.4 is 10.6 Å². The maximum absolute atomic E-state index is 12.1. The second kappa shape index (κ2) is 7.28. The summed E-state index contributed by atoms with van der Waals surface area (Å²) in [5.41, 5.74) is 4.90. The van der Waals surface area contributed by atoms with E-state index in [0.29, 0.717) is 6.04 Å². The number of amides is 2. The molecule has 0 unspecified atom stereocenters. The van der Waals surface area contributed by atoms with Crippen LogP contribution in [0.25, 0.3) is 0 Å². The SMILES string of the molecule is O=C(Nc1ccc2c(c1)CN(Cc1ccccc1)C2)NC1CCCC1. The van der Waals surface area contributed by atoms with E-state index in [1.165, 1.54) is 29.5 Å². The van der Waals surface area contributed by atoms with Crippen LogP contribution >= 0.6 is 0 Å². The molecule has 4 heteroatoms. The summed E-state index contributed by atoms with van der Waals surface area (Å²) in [5, 5.41) is 6.07. The molecular weight excluding hydrogens is 310 g/mol. The largest absolute Gasteiger partial charge is 0.335 e. The van der Waals surface area contributed by atoms with E-state index in [9.17, 15) is 4.79 Å². The molecule has 0 atom stereocenters. The lowest BCUT2D eigenvalue weighted by atomic mass is 10.1. The van der Waals surface area contributed by atoms with Crippen LogP contribution in [0.1, 0.15) is 42.4 Å². The molecule has 2 aromatic carbocycles. The van der Waals surface area contributed by atoms with Gasteiger partial charge in [-0.1, -0.05) is 49.2 Å². The summed E-state index contributed by atoms with van der Waals surface area (Å²) in [7, 11) is 0. The fourth-order valence-corrected chi connectivity index (χ4v) is 3.92. The Labute approximate surface area is 149 Å². The van der Waals surface area contributed by atoms with Crippen molar-refractivity contribution in [1.82, 2.24) is 10.2 Å². The first-order valence-corrected chi connectivity index (χ1v) is 9.22. The van der Waals surface area contributed by atoms with Crippen LogP contribution in [0.2, 0.25) is 0 Å². The van der Waals surface area contributed by atoms with Crippen molar-refractivity contribution in [3.8, 4) is 0 Å². The molecule has 2 N–H and O–H groups in total. The molecule has 1 aliphatic carbocycles. The molecular formula is C21H25N3O. The molecule has 4 rings (SSSR count). The lowest BCUT2D eigenvalue weighted by Crippen LogP contribution is -2.36. The number of nitrogens with one attached hydrogen (secondary N) is 2. The lowest BCUT2D eigenvalue weighted by molar-refractivity contribution is 0.248. The number of fused-ring (bicyclic) bond motifs is 1. The highest BCUT2D eigenvalue weighted by atomic mass is 16.2. The van der Waals surface area contributed by atoms with E-state index in [1.54, 1.807) is 0 Å². The van der Waals surface area contributed by atoms with E-state index < -0.39 is 0 Å². The Balaban J connectivity index is 1.35. The minimum atomic E-state index is -0.0778. The monoisotopic (exact) mass is 335 g/mol. The maximum atomic E-state index is 12.1. The van der Waals surface area contributed by atoms with Gasteiger partial charge >= 0.3 is 6.03 Å². The van der Waals surface area contributed by atoms with E-state index >= 15 is 0 Å². The van der Waals surface area contributed by atoms with Gasteiger partial charge < -0.3 is 10.6 Å². The normalized spacial score (nSPS) is 17.4. The van der Waals surface area contributed by atoms with E-state index in [1.807, 2.05) is 6.07 Å². The average Bonchev–Trinajstić information content (AvgIpc) is 3.24. The van der Waals surface area contributed by atoms with E-state index in [0.717, 1.165) is 38.2 Å². The molecule has 0 spiro atoms. The van der Waals surface area contributed by atoms with Crippen molar-refractivity contribution in [1.29, 1.82) is 0 Å². The van der Waals surface area contributed by atoms with Gasteiger partial charge in [0.1, 0.15) is 0 Å². The van der Waals surface area contributed by atoms with Crippen molar-refractivity contribution in [2.75, 3.05) is 5.32 Å². The highest BCUT2D eigenvalue weighted by Crippen LogP contribution is 2.27. The molecule has 25 heavy (non-hydrogen) atoms. The average molecular weight is 335 g/mol. The highest BCUT2D eigenvalue weighted by Gasteiger charge is 2.20. The van der Waals surface area contributed by atoms with Crippen LogP contribution in [0.5, 0.6) is 0 Å². The van der Waals surface area contributed by atoms with Crippen LogP contribution in [0, 0.1) is 0 Å². The number of urea groups is 1. The van der Waals surface area contributed by atoms with Crippen LogP contribution in [0.3, 0.4) is 0 Å². The van der Waals surface area contributed by atoms with Gasteiger partial charge in [0.15, 0.2) is 0 Å². The topological polar surface area (TPSA) is 44.4 Å². The second-order valence-electron chi connectivity index (χ2n) is 7.19. The molecule has 2 aromatic rings. The van der Waals surface area contributed by atoms with Crippen LogP contribution in [-0.4, -0.2) is 17.0 Å². The molecule has 1 saturated carbocycles. The molecule has 0 radical (unpaired) electrons. The molecule has 4 nitrogen and oxygen atoms in total. The maximum Gasteiger partial charge on any atom is 0.319 e. The first-order valence-electron chi connectivity index (χ1n) is 9.22. The first kappa shape index (κ1) is 16.2. The van der Waals surface area contributed by atoms with Crippen LogP contribution in [-0.2, 0) is 19.6 Å². The molecule has 1 fully saturated rings. The fourth-order valence-electron chi connectivity index (χ4n) is 3.92. The minimum Gasteiger partial charge on any atom is -0.335 e. The Morgan fingerprint density at radius 1 is 1.00 bits per heavy atom. The summed E-state index contributed by atoms with van der Waals surface area (Å²) in [6, 6.07) is 17.1. The standard InChI is InChI=1S/C21H25N3O/c25-21(22-19-8-4-5-9-19)23-20-11-10-17-14-24(15-18(17)12-20)13-16-6-2-1-3-7-16/h1-3,6-7,10-12,19H,4-5,8-9,13-15H2,(H2,22,23,25). The van der Waals surface area contributed by atoms with Crippen molar-refractivity contribution in [3.63, 3.8) is 0 Å². The Hall–Kier alpha value is -2.33. The summed E-state index contributed by atoms with van der Waals surface area (Å²) in [5.74, 6) is 0. The van der Waals surface area contributed by atoms with Gasteiger partial charge in [-0.25, -0.2) is 4.79 Å². The predicted octanol–water partition coefficient (Wildman–Crippen LogP) is 4.27. The van der Waals surface area contributed by atoms with Gasteiger partial charge in [-0.15, -0.1) is 0 Å². The zero-order valence-electron chi connectivity index (χ0n) is 14.5. The van der Waals surface area contributed by atoms with Gasteiger partial charge in [0.2, 0.25) is 0 Å². The van der Waals surface area contributed by atoms with Gasteiger partial charge in [0, 0.05) is 31.4 Å². The van der Waals surface area contributed by atoms with Crippen molar-refractivity contribution in [2.45, 2.75) is 51.4 Å². The smallest absolute Gasteiger partial charge is 0.319 e.